The van der Waals surface area contributed by atoms with Crippen molar-refractivity contribution < 1.29 is 4.79 Å². The van der Waals surface area contributed by atoms with E-state index in [0.717, 1.165) is 28.4 Å². The number of benzene rings is 1. The Balaban J connectivity index is 1.20. The third-order valence-electron chi connectivity index (χ3n) is 5.40. The fourth-order valence-electron chi connectivity index (χ4n) is 3.72. The average molecular weight is 426 g/mol. The van der Waals surface area contributed by atoms with Gasteiger partial charge in [-0.25, -0.2) is 4.98 Å². The molecule has 1 amide bonds. The number of pyridine rings is 1. The highest BCUT2D eigenvalue weighted by Gasteiger charge is 2.23. The lowest BCUT2D eigenvalue weighted by molar-refractivity contribution is 0.0746. The van der Waals surface area contributed by atoms with E-state index in [0.29, 0.717) is 37.6 Å². The topological polar surface area (TPSA) is 100 Å². The zero-order valence-corrected chi connectivity index (χ0v) is 17.6. The van der Waals surface area contributed by atoms with Crippen molar-refractivity contribution in [2.75, 3.05) is 36.4 Å². The minimum atomic E-state index is 0.00786. The standard InChI is InChI=1S/C23H22N8O/c1-16-3-2-4-20(26-16)27-21-7-8-22(29-28-21)30-11-13-31(14-12-30)23(32)17-5-6-18-19(15-17)25-10-9-24-18/h2-10,15H,11-14H2,1H3,(H,26,27,28). The van der Waals surface area contributed by atoms with Crippen LogP contribution in [0.4, 0.5) is 17.5 Å². The van der Waals surface area contributed by atoms with Crippen LogP contribution in [0.2, 0.25) is 0 Å². The molecule has 0 radical (unpaired) electrons. The molecule has 0 aliphatic carbocycles. The molecule has 9 heteroatoms. The Morgan fingerprint density at radius 3 is 2.44 bits per heavy atom. The first-order valence-electron chi connectivity index (χ1n) is 10.5. The zero-order chi connectivity index (χ0) is 21.9. The van der Waals surface area contributed by atoms with E-state index >= 15 is 0 Å². The Bertz CT molecular complexity index is 1250. The molecule has 1 aliphatic rings. The van der Waals surface area contributed by atoms with Gasteiger partial charge in [0.2, 0.25) is 0 Å². The van der Waals surface area contributed by atoms with Gasteiger partial charge in [-0.1, -0.05) is 6.07 Å². The summed E-state index contributed by atoms with van der Waals surface area (Å²) >= 11 is 0. The number of fused-ring (bicyclic) bond motifs is 1. The smallest absolute Gasteiger partial charge is 0.254 e. The number of hydrogen-bond acceptors (Lipinski definition) is 8. The number of nitrogens with one attached hydrogen (secondary N) is 1. The van der Waals surface area contributed by atoms with Gasteiger partial charge in [0.15, 0.2) is 11.6 Å². The van der Waals surface area contributed by atoms with Gasteiger partial charge < -0.3 is 15.1 Å². The highest BCUT2D eigenvalue weighted by Crippen LogP contribution is 2.19. The normalized spacial score (nSPS) is 13.9. The molecular weight excluding hydrogens is 404 g/mol. The molecule has 0 bridgehead atoms. The summed E-state index contributed by atoms with van der Waals surface area (Å²) in [6, 6.07) is 15.1. The number of anilines is 3. The van der Waals surface area contributed by atoms with Crippen molar-refractivity contribution in [2.24, 2.45) is 0 Å². The Morgan fingerprint density at radius 2 is 1.69 bits per heavy atom. The second kappa shape index (κ2) is 8.54. The number of amides is 1. The van der Waals surface area contributed by atoms with Crippen molar-refractivity contribution >= 4 is 34.4 Å². The van der Waals surface area contributed by atoms with Crippen molar-refractivity contribution in [3.8, 4) is 0 Å². The van der Waals surface area contributed by atoms with E-state index in [1.165, 1.54) is 0 Å². The largest absolute Gasteiger partial charge is 0.352 e. The molecule has 4 aromatic rings. The molecule has 32 heavy (non-hydrogen) atoms. The predicted molar refractivity (Wildman–Crippen MR) is 122 cm³/mol. The van der Waals surface area contributed by atoms with Gasteiger partial charge in [-0.2, -0.15) is 0 Å². The van der Waals surface area contributed by atoms with Crippen LogP contribution in [0, 0.1) is 6.92 Å². The molecule has 5 rings (SSSR count). The number of nitrogens with zero attached hydrogens (tertiary/aromatic N) is 7. The van der Waals surface area contributed by atoms with E-state index in [2.05, 4.69) is 35.4 Å². The number of rotatable bonds is 4. The molecule has 0 spiro atoms. The lowest BCUT2D eigenvalue weighted by Gasteiger charge is -2.35. The first kappa shape index (κ1) is 19.8. The number of aryl methyl sites for hydroxylation is 1. The van der Waals surface area contributed by atoms with E-state index in [4.69, 9.17) is 0 Å². The van der Waals surface area contributed by atoms with Crippen LogP contribution in [0.25, 0.3) is 11.0 Å². The van der Waals surface area contributed by atoms with Gasteiger partial charge in [0.1, 0.15) is 5.82 Å². The number of hydrogen-bond donors (Lipinski definition) is 1. The number of carbonyl (C=O) groups excluding carboxylic acids is 1. The van der Waals surface area contributed by atoms with E-state index in [-0.39, 0.29) is 5.91 Å². The van der Waals surface area contributed by atoms with Crippen LogP contribution in [0.3, 0.4) is 0 Å². The molecule has 160 valence electrons. The molecule has 1 aromatic carbocycles. The van der Waals surface area contributed by atoms with Crippen LogP contribution in [-0.4, -0.2) is 62.1 Å². The number of piperazine rings is 1. The van der Waals surface area contributed by atoms with E-state index in [9.17, 15) is 4.79 Å². The lowest BCUT2D eigenvalue weighted by Crippen LogP contribution is -2.49. The molecule has 0 saturated carbocycles. The van der Waals surface area contributed by atoms with Crippen LogP contribution in [-0.2, 0) is 0 Å². The fraction of sp³-hybridized carbons (Fsp3) is 0.217. The summed E-state index contributed by atoms with van der Waals surface area (Å²) in [6.07, 6.45) is 3.28. The van der Waals surface area contributed by atoms with E-state index in [1.54, 1.807) is 18.5 Å². The molecule has 4 heterocycles. The van der Waals surface area contributed by atoms with Gasteiger partial charge in [-0.3, -0.25) is 14.8 Å². The second-order valence-electron chi connectivity index (χ2n) is 7.61. The summed E-state index contributed by atoms with van der Waals surface area (Å²) in [7, 11) is 0. The fourth-order valence-corrected chi connectivity index (χ4v) is 3.72. The summed E-state index contributed by atoms with van der Waals surface area (Å²) in [5.41, 5.74) is 3.07. The molecule has 1 saturated heterocycles. The van der Waals surface area contributed by atoms with Crippen molar-refractivity contribution in [1.82, 2.24) is 30.0 Å². The Kier molecular flexibility index (Phi) is 5.29. The average Bonchev–Trinajstić information content (AvgIpc) is 2.84. The maximum absolute atomic E-state index is 12.9. The summed E-state index contributed by atoms with van der Waals surface area (Å²) in [4.78, 5) is 29.9. The molecule has 1 N–H and O–H groups in total. The van der Waals surface area contributed by atoms with Gasteiger partial charge in [0.05, 0.1) is 11.0 Å². The number of carbonyl (C=O) groups is 1. The Morgan fingerprint density at radius 1 is 0.875 bits per heavy atom. The first-order chi connectivity index (χ1) is 15.7. The van der Waals surface area contributed by atoms with Crippen molar-refractivity contribution in [3.63, 3.8) is 0 Å². The van der Waals surface area contributed by atoms with Gasteiger partial charge >= 0.3 is 0 Å². The van der Waals surface area contributed by atoms with Crippen LogP contribution < -0.4 is 10.2 Å². The van der Waals surface area contributed by atoms with Crippen LogP contribution in [0.15, 0.2) is 60.9 Å². The van der Waals surface area contributed by atoms with Gasteiger partial charge in [-0.15, -0.1) is 10.2 Å². The minimum Gasteiger partial charge on any atom is -0.352 e. The molecule has 1 aliphatic heterocycles. The predicted octanol–water partition coefficient (Wildman–Crippen LogP) is 2.83. The first-order valence-corrected chi connectivity index (χ1v) is 10.5. The quantitative estimate of drug-likeness (QED) is 0.532. The second-order valence-corrected chi connectivity index (χ2v) is 7.61. The van der Waals surface area contributed by atoms with E-state index in [1.807, 2.05) is 54.3 Å². The van der Waals surface area contributed by atoms with Crippen molar-refractivity contribution in [3.05, 3.63) is 72.2 Å². The summed E-state index contributed by atoms with van der Waals surface area (Å²) in [5.74, 6) is 2.17. The SMILES string of the molecule is Cc1cccc(Nc2ccc(N3CCN(C(=O)c4ccc5nccnc5c4)CC3)nn2)n1. The monoisotopic (exact) mass is 426 g/mol. The van der Waals surface area contributed by atoms with Crippen LogP contribution in [0.5, 0.6) is 0 Å². The molecule has 1 fully saturated rings. The maximum atomic E-state index is 12.9. The van der Waals surface area contributed by atoms with E-state index < -0.39 is 0 Å². The summed E-state index contributed by atoms with van der Waals surface area (Å²) in [6.45, 7) is 4.57. The molecule has 3 aromatic heterocycles. The van der Waals surface area contributed by atoms with Gasteiger partial charge in [0.25, 0.3) is 5.91 Å². The Hall–Kier alpha value is -4.14. The van der Waals surface area contributed by atoms with Gasteiger partial charge in [0, 0.05) is 49.8 Å². The summed E-state index contributed by atoms with van der Waals surface area (Å²) in [5, 5.41) is 11.8. The van der Waals surface area contributed by atoms with Crippen LogP contribution >= 0.6 is 0 Å². The minimum absolute atomic E-state index is 0.00786. The highest BCUT2D eigenvalue weighted by atomic mass is 16.2. The summed E-state index contributed by atoms with van der Waals surface area (Å²) < 4.78 is 0. The molecule has 0 atom stereocenters. The number of aromatic nitrogens is 5. The van der Waals surface area contributed by atoms with Gasteiger partial charge in [-0.05, 0) is 49.4 Å². The molecule has 0 unspecified atom stereocenters. The highest BCUT2D eigenvalue weighted by molar-refractivity contribution is 5.97. The zero-order valence-electron chi connectivity index (χ0n) is 17.6. The lowest BCUT2D eigenvalue weighted by atomic mass is 10.1. The van der Waals surface area contributed by atoms with Crippen molar-refractivity contribution in [2.45, 2.75) is 6.92 Å². The molecule has 9 nitrogen and oxygen atoms in total. The maximum Gasteiger partial charge on any atom is 0.254 e. The molecular formula is C23H22N8O. The van der Waals surface area contributed by atoms with Crippen molar-refractivity contribution in [1.29, 1.82) is 0 Å². The third-order valence-corrected chi connectivity index (χ3v) is 5.40. The van der Waals surface area contributed by atoms with Crippen LogP contribution in [0.1, 0.15) is 16.1 Å². The Labute approximate surface area is 185 Å². The third kappa shape index (κ3) is 4.18.